The van der Waals surface area contributed by atoms with Crippen LogP contribution in [0.2, 0.25) is 0 Å². The molecule has 0 aliphatic carbocycles. The van der Waals surface area contributed by atoms with Crippen molar-refractivity contribution in [2.45, 2.75) is 11.8 Å². The van der Waals surface area contributed by atoms with E-state index in [2.05, 4.69) is 15.9 Å². The van der Waals surface area contributed by atoms with Gasteiger partial charge >= 0.3 is 5.97 Å². The van der Waals surface area contributed by atoms with Crippen LogP contribution in [0.1, 0.15) is 6.92 Å². The molecule has 6 nitrogen and oxygen atoms in total. The van der Waals surface area contributed by atoms with Crippen molar-refractivity contribution in [2.24, 2.45) is 0 Å². The van der Waals surface area contributed by atoms with Crippen LogP contribution in [0.5, 0.6) is 5.75 Å². The lowest BCUT2D eigenvalue weighted by atomic mass is 10.3. The van der Waals surface area contributed by atoms with E-state index in [0.717, 1.165) is 6.07 Å². The molecule has 0 bridgehead atoms. The molecule has 0 aromatic heterocycles. The number of rotatable bonds is 7. The first kappa shape index (κ1) is 20.2. The lowest BCUT2D eigenvalue weighted by molar-refractivity contribution is -0.141. The summed E-state index contributed by atoms with van der Waals surface area (Å²) in [5, 5.41) is 0. The Morgan fingerprint density at radius 2 is 1.92 bits per heavy atom. The number of halogens is 2. The number of para-hydroxylation sites is 1. The highest BCUT2D eigenvalue weighted by Gasteiger charge is 2.30. The van der Waals surface area contributed by atoms with Gasteiger partial charge in [0.2, 0.25) is 0 Å². The molecule has 0 saturated carbocycles. The fourth-order valence-corrected chi connectivity index (χ4v) is 4.35. The van der Waals surface area contributed by atoms with Crippen LogP contribution in [0.25, 0.3) is 0 Å². The molecule has 2 aromatic rings. The van der Waals surface area contributed by atoms with E-state index in [9.17, 15) is 17.6 Å². The summed E-state index contributed by atoms with van der Waals surface area (Å²) < 4.78 is 51.4. The molecule has 0 atom stereocenters. The third-order valence-corrected chi connectivity index (χ3v) is 5.79. The van der Waals surface area contributed by atoms with Crippen LogP contribution in [0.15, 0.2) is 51.8 Å². The van der Waals surface area contributed by atoms with Gasteiger partial charge in [0, 0.05) is 0 Å². The number of esters is 1. The molecule has 2 rings (SSSR count). The number of ether oxygens (including phenoxy) is 2. The third kappa shape index (κ3) is 4.34. The van der Waals surface area contributed by atoms with Crippen molar-refractivity contribution in [1.29, 1.82) is 0 Å². The molecule has 26 heavy (non-hydrogen) atoms. The first-order chi connectivity index (χ1) is 12.3. The smallest absolute Gasteiger partial charge is 0.326 e. The Kier molecular flexibility index (Phi) is 6.60. The molecule has 9 heteroatoms. The van der Waals surface area contributed by atoms with E-state index in [0.29, 0.717) is 14.5 Å². The van der Waals surface area contributed by atoms with Gasteiger partial charge in [-0.25, -0.2) is 12.8 Å². The van der Waals surface area contributed by atoms with Crippen molar-refractivity contribution < 1.29 is 27.1 Å². The fraction of sp³-hybridized carbons (Fsp3) is 0.235. The second-order valence-electron chi connectivity index (χ2n) is 5.06. The van der Waals surface area contributed by atoms with E-state index >= 15 is 0 Å². The summed E-state index contributed by atoms with van der Waals surface area (Å²) in [5.74, 6) is -1.12. The maximum atomic E-state index is 14.2. The van der Waals surface area contributed by atoms with Crippen LogP contribution in [0.4, 0.5) is 10.1 Å². The molecule has 2 aromatic carbocycles. The van der Waals surface area contributed by atoms with E-state index in [1.807, 2.05) is 0 Å². The van der Waals surface area contributed by atoms with Gasteiger partial charge < -0.3 is 9.47 Å². The second-order valence-corrected chi connectivity index (χ2v) is 7.78. The molecule has 140 valence electrons. The van der Waals surface area contributed by atoms with Gasteiger partial charge in [-0.15, -0.1) is 0 Å². The van der Waals surface area contributed by atoms with Gasteiger partial charge in [-0.05, 0) is 53.2 Å². The number of anilines is 1. The highest BCUT2D eigenvalue weighted by Crippen LogP contribution is 2.31. The predicted molar refractivity (Wildman–Crippen MR) is 98.3 cm³/mol. The SMILES string of the molecule is CCOC(=O)CN(c1ccccc1F)S(=O)(=O)c1ccc(OC)c(Br)c1. The zero-order valence-corrected chi connectivity index (χ0v) is 16.5. The molecule has 0 saturated heterocycles. The first-order valence-electron chi connectivity index (χ1n) is 7.57. The quantitative estimate of drug-likeness (QED) is 0.610. The zero-order valence-electron chi connectivity index (χ0n) is 14.1. The number of sulfonamides is 1. The zero-order chi connectivity index (χ0) is 19.3. The normalized spacial score (nSPS) is 11.1. The molecule has 0 fully saturated rings. The summed E-state index contributed by atoms with van der Waals surface area (Å²) in [5.41, 5.74) is -0.243. The van der Waals surface area contributed by atoms with Crippen LogP contribution in [-0.4, -0.2) is 34.6 Å². The van der Waals surface area contributed by atoms with Crippen LogP contribution >= 0.6 is 15.9 Å². The Hall–Kier alpha value is -2.13. The lowest BCUT2D eigenvalue weighted by Gasteiger charge is -2.24. The van der Waals surface area contributed by atoms with Gasteiger partial charge in [0.05, 0.1) is 28.8 Å². The Balaban J connectivity index is 2.54. The van der Waals surface area contributed by atoms with E-state index in [1.54, 1.807) is 6.92 Å². The molecule has 0 aliphatic heterocycles. The van der Waals surface area contributed by atoms with Crippen molar-refractivity contribution in [3.05, 3.63) is 52.8 Å². The predicted octanol–water partition coefficient (Wildman–Crippen LogP) is 3.36. The van der Waals surface area contributed by atoms with Crippen molar-refractivity contribution in [2.75, 3.05) is 24.6 Å². The number of carbonyl (C=O) groups is 1. The highest BCUT2D eigenvalue weighted by molar-refractivity contribution is 9.10. The maximum Gasteiger partial charge on any atom is 0.326 e. The number of methoxy groups -OCH3 is 1. The molecule has 0 unspecified atom stereocenters. The van der Waals surface area contributed by atoms with Gasteiger partial charge in [0.1, 0.15) is 18.1 Å². The monoisotopic (exact) mass is 445 g/mol. The van der Waals surface area contributed by atoms with E-state index < -0.39 is 28.4 Å². The largest absolute Gasteiger partial charge is 0.496 e. The van der Waals surface area contributed by atoms with Crippen LogP contribution in [-0.2, 0) is 19.6 Å². The molecule has 0 amide bonds. The number of nitrogens with zero attached hydrogens (tertiary/aromatic N) is 1. The fourth-order valence-electron chi connectivity index (χ4n) is 2.21. The average molecular weight is 446 g/mol. The number of carbonyl (C=O) groups excluding carboxylic acids is 1. The molecule has 0 spiro atoms. The topological polar surface area (TPSA) is 72.9 Å². The van der Waals surface area contributed by atoms with Crippen molar-refractivity contribution in [1.82, 2.24) is 0 Å². The van der Waals surface area contributed by atoms with Gasteiger partial charge in [-0.3, -0.25) is 9.10 Å². The van der Waals surface area contributed by atoms with Crippen molar-refractivity contribution in [3.8, 4) is 5.75 Å². The van der Waals surface area contributed by atoms with Gasteiger partial charge in [-0.1, -0.05) is 12.1 Å². The first-order valence-corrected chi connectivity index (χ1v) is 9.81. The average Bonchev–Trinajstić information content (AvgIpc) is 2.60. The molecule has 0 N–H and O–H groups in total. The molecule has 0 radical (unpaired) electrons. The number of benzene rings is 2. The Labute approximate surface area is 159 Å². The highest BCUT2D eigenvalue weighted by atomic mass is 79.9. The molecule has 0 heterocycles. The van der Waals surface area contributed by atoms with E-state index in [4.69, 9.17) is 9.47 Å². The van der Waals surface area contributed by atoms with Gasteiger partial charge in [-0.2, -0.15) is 0 Å². The standard InChI is InChI=1S/C17H17BrFNO5S/c1-3-25-17(21)11-20(15-7-5-4-6-14(15)19)26(22,23)12-8-9-16(24-2)13(18)10-12/h4-10H,3,11H2,1-2H3. The minimum absolute atomic E-state index is 0.0814. The van der Waals surface area contributed by atoms with Gasteiger partial charge in [0.15, 0.2) is 0 Å². The van der Waals surface area contributed by atoms with Crippen molar-refractivity contribution in [3.63, 3.8) is 0 Å². The summed E-state index contributed by atoms with van der Waals surface area (Å²) in [7, 11) is -2.79. The van der Waals surface area contributed by atoms with Crippen LogP contribution < -0.4 is 9.04 Å². The Bertz CT molecular complexity index is 904. The Morgan fingerprint density at radius 1 is 1.23 bits per heavy atom. The summed E-state index contributed by atoms with van der Waals surface area (Å²) in [6, 6.07) is 9.41. The van der Waals surface area contributed by atoms with Crippen LogP contribution in [0, 0.1) is 5.82 Å². The molecular weight excluding hydrogens is 429 g/mol. The maximum absolute atomic E-state index is 14.2. The van der Waals surface area contributed by atoms with E-state index in [1.165, 1.54) is 43.5 Å². The minimum atomic E-state index is -4.23. The van der Waals surface area contributed by atoms with Gasteiger partial charge in [0.25, 0.3) is 10.0 Å². The lowest BCUT2D eigenvalue weighted by Crippen LogP contribution is -2.37. The third-order valence-electron chi connectivity index (χ3n) is 3.41. The second kappa shape index (κ2) is 8.50. The number of hydrogen-bond donors (Lipinski definition) is 0. The summed E-state index contributed by atoms with van der Waals surface area (Å²) in [6.45, 7) is 1.03. The Morgan fingerprint density at radius 3 is 2.50 bits per heavy atom. The van der Waals surface area contributed by atoms with Crippen LogP contribution in [0.3, 0.4) is 0 Å². The molecular formula is C17H17BrFNO5S. The number of hydrogen-bond acceptors (Lipinski definition) is 5. The minimum Gasteiger partial charge on any atom is -0.496 e. The summed E-state index contributed by atoms with van der Waals surface area (Å²) >= 11 is 3.22. The molecule has 0 aliphatic rings. The van der Waals surface area contributed by atoms with E-state index in [-0.39, 0.29) is 17.2 Å². The summed E-state index contributed by atoms with van der Waals surface area (Å²) in [4.78, 5) is 11.8. The van der Waals surface area contributed by atoms with Crippen molar-refractivity contribution >= 4 is 37.6 Å². The summed E-state index contributed by atoms with van der Waals surface area (Å²) in [6.07, 6.45) is 0.